The van der Waals surface area contributed by atoms with Crippen LogP contribution in [0.4, 0.5) is 11.4 Å². The first kappa shape index (κ1) is 16.8. The van der Waals surface area contributed by atoms with Gasteiger partial charge in [0.1, 0.15) is 6.04 Å². The van der Waals surface area contributed by atoms with E-state index in [1.807, 2.05) is 32.0 Å². The number of amides is 2. The van der Waals surface area contributed by atoms with Crippen LogP contribution in [0.2, 0.25) is 10.0 Å². The molecule has 6 heteroatoms. The second-order valence-corrected chi connectivity index (χ2v) is 6.73. The number of rotatable bonds is 3. The fourth-order valence-corrected chi connectivity index (χ4v) is 3.22. The fraction of sp³-hybridized carbons (Fsp3) is 0.222. The molecule has 3 rings (SSSR count). The molecular weight excluding hydrogens is 347 g/mol. The number of hydrogen-bond acceptors (Lipinski definition) is 3. The van der Waals surface area contributed by atoms with Gasteiger partial charge in [0.15, 0.2) is 0 Å². The predicted octanol–water partition coefficient (Wildman–Crippen LogP) is 4.35. The molecule has 0 bridgehead atoms. The molecule has 0 unspecified atom stereocenters. The summed E-state index contributed by atoms with van der Waals surface area (Å²) in [6.45, 7) is 3.81. The molecule has 1 fully saturated rings. The maximum absolute atomic E-state index is 12.7. The van der Waals surface area contributed by atoms with Crippen molar-refractivity contribution in [3.8, 4) is 0 Å². The Morgan fingerprint density at radius 3 is 2.54 bits per heavy atom. The molecule has 2 aromatic rings. The number of hydrogen-bond donors (Lipinski definition) is 1. The topological polar surface area (TPSA) is 49.4 Å². The van der Waals surface area contributed by atoms with Crippen molar-refractivity contribution in [2.75, 3.05) is 10.2 Å². The number of imide groups is 1. The zero-order valence-electron chi connectivity index (χ0n) is 13.3. The molecule has 24 heavy (non-hydrogen) atoms. The van der Waals surface area contributed by atoms with Gasteiger partial charge in [0, 0.05) is 5.02 Å². The molecule has 0 aliphatic carbocycles. The van der Waals surface area contributed by atoms with Crippen molar-refractivity contribution in [1.29, 1.82) is 0 Å². The van der Waals surface area contributed by atoms with Crippen molar-refractivity contribution in [2.45, 2.75) is 26.3 Å². The summed E-state index contributed by atoms with van der Waals surface area (Å²) in [7, 11) is 0. The van der Waals surface area contributed by atoms with Gasteiger partial charge < -0.3 is 5.32 Å². The Morgan fingerprint density at radius 2 is 1.83 bits per heavy atom. The van der Waals surface area contributed by atoms with Gasteiger partial charge in [-0.25, -0.2) is 4.90 Å². The molecule has 1 aliphatic rings. The minimum atomic E-state index is -0.643. The van der Waals surface area contributed by atoms with E-state index < -0.39 is 6.04 Å². The largest absolute Gasteiger partial charge is 0.372 e. The lowest BCUT2D eigenvalue weighted by Crippen LogP contribution is -2.35. The first-order valence-corrected chi connectivity index (χ1v) is 8.28. The molecule has 4 nitrogen and oxygen atoms in total. The lowest BCUT2D eigenvalue weighted by Gasteiger charge is -2.19. The molecule has 0 aromatic heterocycles. The maximum atomic E-state index is 12.7. The third-order valence-corrected chi connectivity index (χ3v) is 4.56. The van der Waals surface area contributed by atoms with Gasteiger partial charge in [0.25, 0.3) is 5.91 Å². The summed E-state index contributed by atoms with van der Waals surface area (Å²) >= 11 is 12.0. The monoisotopic (exact) mass is 362 g/mol. The maximum Gasteiger partial charge on any atom is 0.256 e. The van der Waals surface area contributed by atoms with E-state index in [0.717, 1.165) is 11.1 Å². The van der Waals surface area contributed by atoms with E-state index in [-0.39, 0.29) is 18.2 Å². The van der Waals surface area contributed by atoms with Crippen LogP contribution >= 0.6 is 23.2 Å². The number of halogens is 2. The van der Waals surface area contributed by atoms with Crippen molar-refractivity contribution < 1.29 is 9.59 Å². The van der Waals surface area contributed by atoms with Crippen LogP contribution in [-0.4, -0.2) is 17.9 Å². The number of nitrogens with one attached hydrogen (secondary N) is 1. The SMILES string of the molecule is Cc1ccc(C)c(N2C(=O)C[C@@H](Nc3ccc(Cl)cc3Cl)C2=O)c1. The number of nitrogens with zero attached hydrogens (tertiary/aromatic N) is 1. The molecule has 0 saturated carbocycles. The number of carbonyl (C=O) groups is 2. The summed E-state index contributed by atoms with van der Waals surface area (Å²) in [5, 5.41) is 3.97. The van der Waals surface area contributed by atoms with E-state index in [1.54, 1.807) is 18.2 Å². The lowest BCUT2D eigenvalue weighted by atomic mass is 10.1. The third-order valence-electron chi connectivity index (χ3n) is 4.01. The zero-order chi connectivity index (χ0) is 17.4. The number of carbonyl (C=O) groups excluding carboxylic acids is 2. The van der Waals surface area contributed by atoms with Crippen LogP contribution in [-0.2, 0) is 9.59 Å². The third kappa shape index (κ3) is 3.12. The first-order valence-electron chi connectivity index (χ1n) is 7.52. The van der Waals surface area contributed by atoms with Crippen LogP contribution in [0.1, 0.15) is 17.5 Å². The Hall–Kier alpha value is -2.04. The quantitative estimate of drug-likeness (QED) is 0.825. The summed E-state index contributed by atoms with van der Waals surface area (Å²) in [5.74, 6) is -0.504. The Labute approximate surface area is 150 Å². The van der Waals surface area contributed by atoms with Gasteiger partial charge in [-0.15, -0.1) is 0 Å². The van der Waals surface area contributed by atoms with E-state index in [2.05, 4.69) is 5.32 Å². The van der Waals surface area contributed by atoms with Crippen LogP contribution in [0.5, 0.6) is 0 Å². The zero-order valence-corrected chi connectivity index (χ0v) is 14.8. The molecule has 2 aromatic carbocycles. The summed E-state index contributed by atoms with van der Waals surface area (Å²) in [6.07, 6.45) is 0.0885. The van der Waals surface area contributed by atoms with Crippen molar-refractivity contribution in [2.24, 2.45) is 0 Å². The molecule has 1 N–H and O–H groups in total. The van der Waals surface area contributed by atoms with Gasteiger partial charge in [-0.3, -0.25) is 9.59 Å². The number of anilines is 2. The Kier molecular flexibility index (Phi) is 4.52. The average molecular weight is 363 g/mol. The van der Waals surface area contributed by atoms with Gasteiger partial charge in [-0.2, -0.15) is 0 Å². The summed E-state index contributed by atoms with van der Waals surface area (Å²) in [5.41, 5.74) is 3.09. The van der Waals surface area contributed by atoms with Crippen LogP contribution in [0.25, 0.3) is 0 Å². The number of benzene rings is 2. The van der Waals surface area contributed by atoms with Crippen molar-refractivity contribution >= 4 is 46.4 Å². The first-order chi connectivity index (χ1) is 11.4. The average Bonchev–Trinajstić information content (AvgIpc) is 2.79. The van der Waals surface area contributed by atoms with Crippen molar-refractivity contribution in [3.63, 3.8) is 0 Å². The normalized spacial score (nSPS) is 17.5. The predicted molar refractivity (Wildman–Crippen MR) is 96.9 cm³/mol. The second-order valence-electron chi connectivity index (χ2n) is 5.88. The van der Waals surface area contributed by atoms with Gasteiger partial charge in [-0.05, 0) is 49.2 Å². The van der Waals surface area contributed by atoms with E-state index >= 15 is 0 Å². The van der Waals surface area contributed by atoms with Gasteiger partial charge in [-0.1, -0.05) is 35.3 Å². The van der Waals surface area contributed by atoms with E-state index in [1.165, 1.54) is 4.90 Å². The molecule has 0 radical (unpaired) electrons. The second kappa shape index (κ2) is 6.46. The minimum absolute atomic E-state index is 0.0885. The highest BCUT2D eigenvalue weighted by molar-refractivity contribution is 6.36. The standard InChI is InChI=1S/C18H16Cl2N2O2/c1-10-3-4-11(2)16(7-10)22-17(23)9-15(18(22)24)21-14-6-5-12(19)8-13(14)20/h3-8,15,21H,9H2,1-2H3/t15-/m1/s1. The molecule has 0 spiro atoms. The Balaban J connectivity index is 1.87. The van der Waals surface area contributed by atoms with E-state index in [9.17, 15) is 9.59 Å². The van der Waals surface area contributed by atoms with Crippen LogP contribution in [0, 0.1) is 13.8 Å². The molecule has 1 heterocycles. The lowest BCUT2D eigenvalue weighted by molar-refractivity contribution is -0.121. The van der Waals surface area contributed by atoms with E-state index in [0.29, 0.717) is 21.4 Å². The fourth-order valence-electron chi connectivity index (χ4n) is 2.75. The summed E-state index contributed by atoms with van der Waals surface area (Å²) in [6, 6.07) is 10.0. The smallest absolute Gasteiger partial charge is 0.256 e. The number of aryl methyl sites for hydroxylation is 2. The van der Waals surface area contributed by atoms with Gasteiger partial charge in [0.2, 0.25) is 5.91 Å². The van der Waals surface area contributed by atoms with Crippen molar-refractivity contribution in [1.82, 2.24) is 0 Å². The molecular formula is C18H16Cl2N2O2. The van der Waals surface area contributed by atoms with E-state index in [4.69, 9.17) is 23.2 Å². The Bertz CT molecular complexity index is 836. The molecule has 1 saturated heterocycles. The minimum Gasteiger partial charge on any atom is -0.372 e. The summed E-state index contributed by atoms with van der Waals surface area (Å²) < 4.78 is 0. The Morgan fingerprint density at radius 1 is 1.08 bits per heavy atom. The van der Waals surface area contributed by atoms with Gasteiger partial charge >= 0.3 is 0 Å². The highest BCUT2D eigenvalue weighted by atomic mass is 35.5. The highest BCUT2D eigenvalue weighted by Crippen LogP contribution is 2.31. The molecule has 1 atom stereocenters. The highest BCUT2D eigenvalue weighted by Gasteiger charge is 2.40. The molecule has 1 aliphatic heterocycles. The van der Waals surface area contributed by atoms with Crippen molar-refractivity contribution in [3.05, 3.63) is 57.6 Å². The van der Waals surface area contributed by atoms with Crippen LogP contribution in [0.15, 0.2) is 36.4 Å². The van der Waals surface area contributed by atoms with Crippen LogP contribution < -0.4 is 10.2 Å². The van der Waals surface area contributed by atoms with Gasteiger partial charge in [0.05, 0.1) is 22.8 Å². The van der Waals surface area contributed by atoms with Crippen LogP contribution in [0.3, 0.4) is 0 Å². The summed E-state index contributed by atoms with van der Waals surface area (Å²) in [4.78, 5) is 26.4. The molecule has 124 valence electrons. The molecule has 2 amide bonds.